The summed E-state index contributed by atoms with van der Waals surface area (Å²) in [4.78, 5) is 24.3. The molecule has 0 aliphatic carbocycles. The number of ether oxygens (including phenoxy) is 2. The maximum absolute atomic E-state index is 12.2. The van der Waals surface area contributed by atoms with Gasteiger partial charge >= 0.3 is 11.9 Å². The van der Waals surface area contributed by atoms with E-state index in [1.807, 2.05) is 0 Å². The lowest BCUT2D eigenvalue weighted by Crippen LogP contribution is -2.28. The van der Waals surface area contributed by atoms with Crippen molar-refractivity contribution in [2.75, 3.05) is 13.2 Å². The highest BCUT2D eigenvalue weighted by Crippen LogP contribution is 2.13. The number of hydrogen-bond acceptors (Lipinski definition) is 5. The Kier molecular flexibility index (Phi) is 37.5. The van der Waals surface area contributed by atoms with Gasteiger partial charge in [-0.1, -0.05) is 159 Å². The molecule has 0 unspecified atom stereocenters. The zero-order chi connectivity index (χ0) is 35.0. The van der Waals surface area contributed by atoms with Gasteiger partial charge in [0.2, 0.25) is 0 Å². The topological polar surface area (TPSA) is 72.8 Å². The molecule has 0 rings (SSSR count). The molecule has 1 atom stereocenters. The van der Waals surface area contributed by atoms with Crippen LogP contribution in [-0.4, -0.2) is 36.4 Å². The molecule has 0 aromatic heterocycles. The second kappa shape index (κ2) is 39.3. The normalized spacial score (nSPS) is 12.6. The molecule has 278 valence electrons. The third-order valence-electron chi connectivity index (χ3n) is 8.61. The van der Waals surface area contributed by atoms with Crippen molar-refractivity contribution >= 4 is 11.9 Å². The molecule has 5 heteroatoms. The van der Waals surface area contributed by atoms with Crippen LogP contribution < -0.4 is 0 Å². The van der Waals surface area contributed by atoms with Gasteiger partial charge in [-0.3, -0.25) is 9.59 Å². The molecule has 0 aromatic rings. The van der Waals surface area contributed by atoms with Gasteiger partial charge in [0.05, 0.1) is 6.61 Å². The van der Waals surface area contributed by atoms with Gasteiger partial charge in [-0.25, -0.2) is 0 Å². The van der Waals surface area contributed by atoms with Gasteiger partial charge in [-0.2, -0.15) is 0 Å². The number of esters is 2. The average Bonchev–Trinajstić information content (AvgIpc) is 3.09. The number of allylic oxidation sites excluding steroid dienone is 8. The van der Waals surface area contributed by atoms with Gasteiger partial charge in [0.15, 0.2) is 6.10 Å². The molecule has 0 heterocycles. The predicted octanol–water partition coefficient (Wildman–Crippen LogP) is 12.6. The third-order valence-corrected chi connectivity index (χ3v) is 8.61. The molecule has 1 N–H and O–H groups in total. The van der Waals surface area contributed by atoms with Gasteiger partial charge in [0, 0.05) is 12.8 Å². The van der Waals surface area contributed by atoms with E-state index >= 15 is 0 Å². The lowest BCUT2D eigenvalue weighted by molar-refractivity contribution is -0.161. The molecule has 0 spiro atoms. The molecule has 48 heavy (non-hydrogen) atoms. The summed E-state index contributed by atoms with van der Waals surface area (Å²) in [5.41, 5.74) is 0. The molecular formula is C43H76O5. The molecule has 0 saturated heterocycles. The smallest absolute Gasteiger partial charge is 0.306 e. The summed E-state index contributed by atoms with van der Waals surface area (Å²) in [6, 6.07) is 0. The standard InChI is InChI=1S/C43H76O5/c1-3-5-7-9-11-13-15-17-19-20-21-22-24-25-27-29-31-33-35-37-42(45)47-40-41(39-44)48-43(46)38-36-34-32-30-28-26-23-18-16-14-12-10-8-6-4-2/h6,8,12,14,17-19,23,41,44H,3-5,7,9-11,13,15-16,20-22,24-40H2,1-2H3/b8-6+,14-12+,19-17+,23-18+/t41-/m0/s1. The Balaban J connectivity index is 3.56. The van der Waals surface area contributed by atoms with Crippen LogP contribution in [0, 0.1) is 0 Å². The lowest BCUT2D eigenvalue weighted by Gasteiger charge is -2.15. The summed E-state index contributed by atoms with van der Waals surface area (Å²) >= 11 is 0. The second-order valence-electron chi connectivity index (χ2n) is 13.3. The quantitative estimate of drug-likeness (QED) is 0.0407. The predicted molar refractivity (Wildman–Crippen MR) is 205 cm³/mol. The SMILES string of the molecule is CC/C=C/C/C=C/C/C=C/CCCCCCCC(=O)O[C@@H](CO)COC(=O)CCCCCCCCCCC/C=C/CCCCCCCC. The Morgan fingerprint density at radius 1 is 0.500 bits per heavy atom. The lowest BCUT2D eigenvalue weighted by atomic mass is 10.1. The Hall–Kier alpha value is -2.14. The van der Waals surface area contributed by atoms with Crippen molar-refractivity contribution in [3.63, 3.8) is 0 Å². The first-order chi connectivity index (χ1) is 23.6. The fraction of sp³-hybridized carbons (Fsp3) is 0.767. The minimum Gasteiger partial charge on any atom is -0.462 e. The van der Waals surface area contributed by atoms with E-state index in [9.17, 15) is 14.7 Å². The zero-order valence-electron chi connectivity index (χ0n) is 31.5. The van der Waals surface area contributed by atoms with Crippen molar-refractivity contribution in [2.24, 2.45) is 0 Å². The molecule has 0 aliphatic rings. The van der Waals surface area contributed by atoms with Crippen LogP contribution in [0.15, 0.2) is 48.6 Å². The third kappa shape index (κ3) is 36.7. The second-order valence-corrected chi connectivity index (χ2v) is 13.3. The molecule has 0 fully saturated rings. The highest BCUT2D eigenvalue weighted by molar-refractivity contribution is 5.70. The Morgan fingerprint density at radius 3 is 1.38 bits per heavy atom. The molecule has 5 nitrogen and oxygen atoms in total. The summed E-state index contributed by atoms with van der Waals surface area (Å²) in [6.45, 7) is 4.01. The highest BCUT2D eigenvalue weighted by atomic mass is 16.6. The number of aliphatic hydroxyl groups is 1. The first kappa shape index (κ1) is 45.9. The van der Waals surface area contributed by atoms with Crippen molar-refractivity contribution in [1.29, 1.82) is 0 Å². The molecule has 0 amide bonds. The van der Waals surface area contributed by atoms with Gasteiger partial charge in [0.25, 0.3) is 0 Å². The van der Waals surface area contributed by atoms with Crippen LogP contribution in [0.2, 0.25) is 0 Å². The Morgan fingerprint density at radius 2 is 0.896 bits per heavy atom. The minimum absolute atomic E-state index is 0.0742. The minimum atomic E-state index is -0.781. The van der Waals surface area contributed by atoms with E-state index in [4.69, 9.17) is 9.47 Å². The van der Waals surface area contributed by atoms with Gasteiger partial charge < -0.3 is 14.6 Å². The molecule has 0 aliphatic heterocycles. The van der Waals surface area contributed by atoms with E-state index in [0.29, 0.717) is 12.8 Å². The fourth-order valence-corrected chi connectivity index (χ4v) is 5.56. The number of unbranched alkanes of at least 4 members (excludes halogenated alkanes) is 20. The van der Waals surface area contributed by atoms with E-state index < -0.39 is 6.10 Å². The maximum Gasteiger partial charge on any atom is 0.306 e. The number of hydrogen-bond donors (Lipinski definition) is 1. The van der Waals surface area contributed by atoms with Gasteiger partial charge in [0.1, 0.15) is 6.61 Å². The summed E-state index contributed by atoms with van der Waals surface area (Å²) in [7, 11) is 0. The first-order valence-corrected chi connectivity index (χ1v) is 20.2. The van der Waals surface area contributed by atoms with Crippen LogP contribution in [0.3, 0.4) is 0 Å². The van der Waals surface area contributed by atoms with Crippen molar-refractivity contribution in [1.82, 2.24) is 0 Å². The molecule has 0 aromatic carbocycles. The van der Waals surface area contributed by atoms with Crippen LogP contribution in [-0.2, 0) is 19.1 Å². The van der Waals surface area contributed by atoms with Crippen molar-refractivity contribution in [2.45, 2.75) is 200 Å². The van der Waals surface area contributed by atoms with Gasteiger partial charge in [-0.15, -0.1) is 0 Å². The summed E-state index contributed by atoms with van der Waals surface area (Å²) in [6.07, 6.45) is 48.9. The summed E-state index contributed by atoms with van der Waals surface area (Å²) in [5, 5.41) is 9.55. The van der Waals surface area contributed by atoms with E-state index in [0.717, 1.165) is 70.6 Å². The Labute approximate surface area is 297 Å². The van der Waals surface area contributed by atoms with E-state index in [-0.39, 0.29) is 25.2 Å². The molecule has 0 bridgehead atoms. The molecular weight excluding hydrogens is 596 g/mol. The highest BCUT2D eigenvalue weighted by Gasteiger charge is 2.16. The summed E-state index contributed by atoms with van der Waals surface area (Å²) in [5.74, 6) is -0.612. The van der Waals surface area contributed by atoms with Crippen LogP contribution >= 0.6 is 0 Å². The number of rotatable bonds is 36. The molecule has 0 saturated carbocycles. The first-order valence-electron chi connectivity index (χ1n) is 20.2. The van der Waals surface area contributed by atoms with Gasteiger partial charge in [-0.05, 0) is 70.6 Å². The number of carbonyl (C=O) groups excluding carboxylic acids is 2. The number of aliphatic hydroxyl groups excluding tert-OH is 1. The Bertz CT molecular complexity index is 812. The van der Waals surface area contributed by atoms with Crippen molar-refractivity contribution in [3.05, 3.63) is 48.6 Å². The zero-order valence-corrected chi connectivity index (χ0v) is 31.5. The number of carbonyl (C=O) groups is 2. The van der Waals surface area contributed by atoms with E-state index in [1.165, 1.54) is 96.3 Å². The molecule has 0 radical (unpaired) electrons. The van der Waals surface area contributed by atoms with Crippen LogP contribution in [0.1, 0.15) is 194 Å². The van der Waals surface area contributed by atoms with Crippen molar-refractivity contribution in [3.8, 4) is 0 Å². The monoisotopic (exact) mass is 673 g/mol. The summed E-state index contributed by atoms with van der Waals surface area (Å²) < 4.78 is 10.6. The van der Waals surface area contributed by atoms with E-state index in [1.54, 1.807) is 0 Å². The van der Waals surface area contributed by atoms with Crippen molar-refractivity contribution < 1.29 is 24.2 Å². The van der Waals surface area contributed by atoms with E-state index in [2.05, 4.69) is 62.5 Å². The largest absolute Gasteiger partial charge is 0.462 e. The van der Waals surface area contributed by atoms with Crippen LogP contribution in [0.25, 0.3) is 0 Å². The van der Waals surface area contributed by atoms with Crippen LogP contribution in [0.5, 0.6) is 0 Å². The maximum atomic E-state index is 12.2. The average molecular weight is 673 g/mol. The van der Waals surface area contributed by atoms with Crippen LogP contribution in [0.4, 0.5) is 0 Å². The fourth-order valence-electron chi connectivity index (χ4n) is 5.56.